The van der Waals surface area contributed by atoms with E-state index in [-0.39, 0.29) is 23.5 Å². The quantitative estimate of drug-likeness (QED) is 0.263. The number of ether oxygens (including phenoxy) is 1. The molecular weight excluding hydrogens is 536 g/mol. The molecule has 2 aromatic carbocycles. The summed E-state index contributed by atoms with van der Waals surface area (Å²) in [7, 11) is 0. The molecule has 1 aliphatic rings. The van der Waals surface area contributed by atoms with Gasteiger partial charge in [0.1, 0.15) is 11.6 Å². The Labute approximate surface area is 226 Å². The van der Waals surface area contributed by atoms with Gasteiger partial charge in [0, 0.05) is 35.9 Å². The monoisotopic (exact) mass is 561 g/mol. The maximum atomic E-state index is 13.7. The van der Waals surface area contributed by atoms with Crippen molar-refractivity contribution in [3.63, 3.8) is 0 Å². The molecule has 12 heteroatoms. The van der Waals surface area contributed by atoms with Gasteiger partial charge in [-0.05, 0) is 62.4 Å². The molecule has 3 heterocycles. The van der Waals surface area contributed by atoms with Crippen LogP contribution in [0.5, 0.6) is 0 Å². The van der Waals surface area contributed by atoms with Gasteiger partial charge < -0.3 is 10.1 Å². The van der Waals surface area contributed by atoms with Gasteiger partial charge in [-0.15, -0.1) is 0 Å². The van der Waals surface area contributed by atoms with E-state index in [1.165, 1.54) is 36.5 Å². The Hall–Kier alpha value is -3.77. The molecule has 5 rings (SSSR count). The third-order valence-electron chi connectivity index (χ3n) is 6.46. The zero-order valence-corrected chi connectivity index (χ0v) is 21.5. The van der Waals surface area contributed by atoms with Gasteiger partial charge in [0.2, 0.25) is 0 Å². The largest absolute Gasteiger partial charge is 0.418 e. The molecule has 6 nitrogen and oxygen atoms in total. The van der Waals surface area contributed by atoms with Crippen molar-refractivity contribution in [1.82, 2.24) is 19.9 Å². The van der Waals surface area contributed by atoms with Crippen LogP contribution in [0.3, 0.4) is 0 Å². The van der Waals surface area contributed by atoms with Crippen molar-refractivity contribution in [3.8, 4) is 11.3 Å². The molecule has 0 radical (unpaired) electrons. The molecule has 1 saturated heterocycles. The predicted octanol–water partition coefficient (Wildman–Crippen LogP) is 7.08. The fourth-order valence-electron chi connectivity index (χ4n) is 4.85. The van der Waals surface area contributed by atoms with Gasteiger partial charge in [0.15, 0.2) is 0 Å². The van der Waals surface area contributed by atoms with Crippen LogP contribution < -0.4 is 5.32 Å². The Bertz CT molecular complexity index is 1500. The Balaban J connectivity index is 1.57. The van der Waals surface area contributed by atoms with E-state index < -0.39 is 23.5 Å². The molecule has 1 aliphatic heterocycles. The van der Waals surface area contributed by atoms with Gasteiger partial charge in [-0.2, -0.15) is 26.3 Å². The number of halogens is 6. The van der Waals surface area contributed by atoms with Gasteiger partial charge in [0.05, 0.1) is 41.1 Å². The summed E-state index contributed by atoms with van der Waals surface area (Å²) in [5.74, 6) is 0.718. The number of morpholine rings is 1. The second kappa shape index (κ2) is 10.7. The molecule has 0 aliphatic carbocycles. The molecule has 0 amide bonds. The summed E-state index contributed by atoms with van der Waals surface area (Å²) >= 11 is 0. The molecule has 210 valence electrons. The average molecular weight is 562 g/mol. The SMILES string of the molecule is C[C@H]1CN(Cc2nc(Nc3ccc(C(F)(F)F)cc3)c3ccc(-c4ncccc4C(F)(F)F)cc3n2)C[C@H](C)O1. The Morgan fingerprint density at radius 1 is 0.900 bits per heavy atom. The Kier molecular flexibility index (Phi) is 7.40. The number of hydrogen-bond donors (Lipinski definition) is 1. The number of benzene rings is 2. The fraction of sp³-hybridized carbons (Fsp3) is 0.321. The van der Waals surface area contributed by atoms with Crippen molar-refractivity contribution >= 4 is 22.4 Å². The minimum atomic E-state index is -4.60. The average Bonchev–Trinajstić information content (AvgIpc) is 2.87. The third-order valence-corrected chi connectivity index (χ3v) is 6.46. The van der Waals surface area contributed by atoms with Crippen molar-refractivity contribution in [2.75, 3.05) is 18.4 Å². The molecular formula is C28H25F6N5O. The van der Waals surface area contributed by atoms with E-state index in [1.54, 1.807) is 6.07 Å². The highest BCUT2D eigenvalue weighted by molar-refractivity contribution is 5.93. The number of anilines is 2. The molecule has 1 fully saturated rings. The van der Waals surface area contributed by atoms with Crippen LogP contribution in [-0.2, 0) is 23.6 Å². The van der Waals surface area contributed by atoms with Gasteiger partial charge in [-0.1, -0.05) is 6.07 Å². The van der Waals surface area contributed by atoms with Crippen LogP contribution in [-0.4, -0.2) is 45.1 Å². The Morgan fingerprint density at radius 2 is 1.60 bits per heavy atom. The van der Waals surface area contributed by atoms with E-state index in [9.17, 15) is 26.3 Å². The molecule has 2 atom stereocenters. The van der Waals surface area contributed by atoms with E-state index in [1.807, 2.05) is 13.8 Å². The summed E-state index contributed by atoms with van der Waals surface area (Å²) in [5, 5.41) is 3.55. The van der Waals surface area contributed by atoms with Crippen LogP contribution in [0, 0.1) is 0 Å². The van der Waals surface area contributed by atoms with Crippen molar-refractivity contribution in [1.29, 1.82) is 0 Å². The van der Waals surface area contributed by atoms with E-state index in [4.69, 9.17) is 4.74 Å². The topological polar surface area (TPSA) is 63.2 Å². The first-order valence-corrected chi connectivity index (χ1v) is 12.5. The van der Waals surface area contributed by atoms with Crippen molar-refractivity contribution < 1.29 is 31.1 Å². The minimum absolute atomic E-state index is 0.00880. The van der Waals surface area contributed by atoms with Crippen LogP contribution in [0.1, 0.15) is 30.8 Å². The lowest BCUT2D eigenvalue weighted by molar-refractivity contribution is -0.138. The van der Waals surface area contributed by atoms with Crippen molar-refractivity contribution in [2.24, 2.45) is 0 Å². The number of alkyl halides is 6. The number of nitrogens with zero attached hydrogens (tertiary/aromatic N) is 4. The lowest BCUT2D eigenvalue weighted by Gasteiger charge is -2.34. The minimum Gasteiger partial charge on any atom is -0.373 e. The number of nitrogens with one attached hydrogen (secondary N) is 1. The summed E-state index contributed by atoms with van der Waals surface area (Å²) in [4.78, 5) is 15.4. The molecule has 0 spiro atoms. The second-order valence-corrected chi connectivity index (χ2v) is 9.77. The van der Waals surface area contributed by atoms with Crippen molar-refractivity contribution in [2.45, 2.75) is 45.0 Å². The molecule has 4 aromatic rings. The number of aromatic nitrogens is 3. The zero-order valence-electron chi connectivity index (χ0n) is 21.5. The smallest absolute Gasteiger partial charge is 0.373 e. The molecule has 0 saturated carbocycles. The van der Waals surface area contributed by atoms with Crippen molar-refractivity contribution in [3.05, 3.63) is 77.7 Å². The standard InChI is InChI=1S/C28H25F6N5O/c1-16-13-39(14-17(2)40-16)15-24-37-23-12-18(25-22(28(32,33)34)4-3-11-35-25)5-10-21(23)26(38-24)36-20-8-6-19(7-9-20)27(29,30)31/h3-12,16-17H,13-15H2,1-2H3,(H,36,37,38)/t16-,17-/m0/s1. The first-order chi connectivity index (χ1) is 18.9. The van der Waals surface area contributed by atoms with Gasteiger partial charge >= 0.3 is 12.4 Å². The summed E-state index contributed by atoms with van der Waals surface area (Å²) < 4.78 is 85.9. The number of pyridine rings is 1. The van der Waals surface area contributed by atoms with Gasteiger partial charge in [-0.25, -0.2) is 9.97 Å². The highest BCUT2D eigenvalue weighted by Gasteiger charge is 2.34. The Morgan fingerprint density at radius 3 is 2.25 bits per heavy atom. The molecule has 2 aromatic heterocycles. The predicted molar refractivity (Wildman–Crippen MR) is 138 cm³/mol. The normalized spacial score (nSPS) is 18.7. The summed E-state index contributed by atoms with van der Waals surface area (Å²) in [6.07, 6.45) is -7.81. The van der Waals surface area contributed by atoms with Gasteiger partial charge in [-0.3, -0.25) is 9.88 Å². The lowest BCUT2D eigenvalue weighted by atomic mass is 10.0. The summed E-state index contributed by atoms with van der Waals surface area (Å²) in [5.41, 5.74) is -0.944. The number of fused-ring (bicyclic) bond motifs is 1. The molecule has 0 bridgehead atoms. The van der Waals surface area contributed by atoms with E-state index in [2.05, 4.69) is 25.2 Å². The van der Waals surface area contributed by atoms with Crippen LogP contribution in [0.15, 0.2) is 60.8 Å². The van der Waals surface area contributed by atoms with Crippen LogP contribution in [0.25, 0.3) is 22.2 Å². The van der Waals surface area contributed by atoms with E-state index in [0.717, 1.165) is 18.2 Å². The first-order valence-electron chi connectivity index (χ1n) is 12.5. The van der Waals surface area contributed by atoms with Crippen LogP contribution in [0.4, 0.5) is 37.8 Å². The summed E-state index contributed by atoms with van der Waals surface area (Å²) in [6, 6.07) is 11.3. The van der Waals surface area contributed by atoms with Gasteiger partial charge in [0.25, 0.3) is 0 Å². The van der Waals surface area contributed by atoms with E-state index in [0.29, 0.717) is 47.9 Å². The van der Waals surface area contributed by atoms with Crippen LogP contribution >= 0.6 is 0 Å². The maximum Gasteiger partial charge on any atom is 0.418 e. The van der Waals surface area contributed by atoms with Crippen LogP contribution in [0.2, 0.25) is 0 Å². The maximum absolute atomic E-state index is 13.7. The second-order valence-electron chi connectivity index (χ2n) is 9.77. The fourth-order valence-corrected chi connectivity index (χ4v) is 4.85. The number of hydrogen-bond acceptors (Lipinski definition) is 6. The molecule has 0 unspecified atom stereocenters. The third kappa shape index (κ3) is 6.18. The highest BCUT2D eigenvalue weighted by Crippen LogP contribution is 2.37. The number of rotatable bonds is 5. The summed E-state index contributed by atoms with van der Waals surface area (Å²) in [6.45, 7) is 5.53. The van der Waals surface area contributed by atoms with E-state index >= 15 is 0 Å². The molecule has 1 N–H and O–H groups in total. The molecule has 40 heavy (non-hydrogen) atoms. The zero-order chi connectivity index (χ0) is 28.7. The first kappa shape index (κ1) is 27.8. The highest BCUT2D eigenvalue weighted by atomic mass is 19.4. The lowest BCUT2D eigenvalue weighted by Crippen LogP contribution is -2.45.